The Labute approximate surface area is 99.0 Å². The fourth-order valence-electron chi connectivity index (χ4n) is 1.26. The van der Waals surface area contributed by atoms with Crippen molar-refractivity contribution in [1.82, 2.24) is 0 Å². The molecular formula is C12H13FN2O2. The highest BCUT2D eigenvalue weighted by molar-refractivity contribution is 5.70. The normalized spacial score (nSPS) is 9.47. The first kappa shape index (κ1) is 13.0. The van der Waals surface area contributed by atoms with Gasteiger partial charge in [0.05, 0.1) is 18.6 Å². The minimum absolute atomic E-state index is 0.000873. The number of hydrogen-bond donors (Lipinski definition) is 1. The van der Waals surface area contributed by atoms with Crippen LogP contribution in [0.3, 0.4) is 0 Å². The molecule has 17 heavy (non-hydrogen) atoms. The molecule has 0 saturated heterocycles. The van der Waals surface area contributed by atoms with E-state index in [1.54, 1.807) is 19.1 Å². The third-order valence-corrected chi connectivity index (χ3v) is 2.05. The molecule has 1 rings (SSSR count). The van der Waals surface area contributed by atoms with Crippen LogP contribution in [-0.4, -0.2) is 19.1 Å². The van der Waals surface area contributed by atoms with Crippen molar-refractivity contribution < 1.29 is 13.9 Å². The fourth-order valence-corrected chi connectivity index (χ4v) is 1.26. The second-order valence-electron chi connectivity index (χ2n) is 3.29. The third kappa shape index (κ3) is 4.11. The maximum Gasteiger partial charge on any atom is 0.307 e. The zero-order valence-electron chi connectivity index (χ0n) is 9.50. The lowest BCUT2D eigenvalue weighted by Gasteiger charge is -2.06. The molecular weight excluding hydrogens is 223 g/mol. The Balaban J connectivity index is 2.45. The number of nitrogens with one attached hydrogen (secondary N) is 1. The smallest absolute Gasteiger partial charge is 0.307 e. The number of carbonyl (C=O) groups excluding carboxylic acids is 1. The molecule has 1 aromatic rings. The van der Waals surface area contributed by atoms with Crippen LogP contribution in [0.4, 0.5) is 10.1 Å². The van der Waals surface area contributed by atoms with Crippen molar-refractivity contribution in [3.05, 3.63) is 29.6 Å². The van der Waals surface area contributed by atoms with Gasteiger partial charge in [-0.15, -0.1) is 0 Å². The molecule has 0 bridgehead atoms. The number of anilines is 1. The van der Waals surface area contributed by atoms with E-state index in [9.17, 15) is 9.18 Å². The van der Waals surface area contributed by atoms with Crippen LogP contribution in [0.2, 0.25) is 0 Å². The summed E-state index contributed by atoms with van der Waals surface area (Å²) >= 11 is 0. The quantitative estimate of drug-likeness (QED) is 0.795. The second kappa shape index (κ2) is 6.48. The van der Waals surface area contributed by atoms with Crippen molar-refractivity contribution >= 4 is 11.7 Å². The molecule has 0 heterocycles. The number of esters is 1. The van der Waals surface area contributed by atoms with E-state index in [1.165, 1.54) is 12.1 Å². The highest BCUT2D eigenvalue weighted by Crippen LogP contribution is 2.13. The maximum atomic E-state index is 13.2. The van der Waals surface area contributed by atoms with E-state index in [-0.39, 0.29) is 18.0 Å². The van der Waals surface area contributed by atoms with Crippen molar-refractivity contribution in [3.63, 3.8) is 0 Å². The Morgan fingerprint density at radius 1 is 1.59 bits per heavy atom. The number of ether oxygens (including phenoxy) is 1. The molecule has 4 nitrogen and oxygen atoms in total. The van der Waals surface area contributed by atoms with Gasteiger partial charge in [-0.3, -0.25) is 4.79 Å². The van der Waals surface area contributed by atoms with E-state index in [0.29, 0.717) is 18.8 Å². The van der Waals surface area contributed by atoms with Gasteiger partial charge in [-0.25, -0.2) is 4.39 Å². The number of nitriles is 1. The Hall–Kier alpha value is -2.09. The monoisotopic (exact) mass is 236 g/mol. The van der Waals surface area contributed by atoms with E-state index >= 15 is 0 Å². The number of hydrogen-bond acceptors (Lipinski definition) is 4. The molecule has 0 radical (unpaired) electrons. The van der Waals surface area contributed by atoms with Crippen LogP contribution in [0.1, 0.15) is 18.9 Å². The van der Waals surface area contributed by atoms with Gasteiger partial charge in [0.1, 0.15) is 11.9 Å². The molecule has 0 aliphatic heterocycles. The van der Waals surface area contributed by atoms with Gasteiger partial charge in [0, 0.05) is 12.2 Å². The van der Waals surface area contributed by atoms with Crippen molar-refractivity contribution in [2.75, 3.05) is 18.5 Å². The maximum absolute atomic E-state index is 13.2. The number of nitrogens with zero attached hydrogens (tertiary/aromatic N) is 1. The van der Waals surface area contributed by atoms with Crippen LogP contribution >= 0.6 is 0 Å². The molecule has 0 unspecified atom stereocenters. The topological polar surface area (TPSA) is 62.1 Å². The first-order valence-electron chi connectivity index (χ1n) is 5.26. The molecule has 0 fully saturated rings. The van der Waals surface area contributed by atoms with Crippen LogP contribution in [0, 0.1) is 17.1 Å². The minimum atomic E-state index is -0.575. The second-order valence-corrected chi connectivity index (χ2v) is 3.29. The predicted molar refractivity (Wildman–Crippen MR) is 60.9 cm³/mol. The molecule has 0 aliphatic carbocycles. The average molecular weight is 236 g/mol. The van der Waals surface area contributed by atoms with Crippen LogP contribution in [0.5, 0.6) is 0 Å². The molecule has 0 aromatic heterocycles. The lowest BCUT2D eigenvalue weighted by Crippen LogP contribution is -2.11. The van der Waals surface area contributed by atoms with Crippen LogP contribution < -0.4 is 5.32 Å². The lowest BCUT2D eigenvalue weighted by molar-refractivity contribution is -0.142. The SMILES string of the molecule is CCOC(=O)CCNc1ccc(C#N)c(F)c1. The van der Waals surface area contributed by atoms with Gasteiger partial charge in [0.15, 0.2) is 0 Å². The van der Waals surface area contributed by atoms with Gasteiger partial charge in [0.25, 0.3) is 0 Å². The predicted octanol–water partition coefficient (Wildman–Crippen LogP) is 2.06. The zero-order valence-corrected chi connectivity index (χ0v) is 9.50. The number of halogens is 1. The van der Waals surface area contributed by atoms with Crippen LogP contribution in [0.25, 0.3) is 0 Å². The summed E-state index contributed by atoms with van der Waals surface area (Å²) in [6, 6.07) is 5.94. The van der Waals surface area contributed by atoms with E-state index in [1.807, 2.05) is 0 Å². The summed E-state index contributed by atoms with van der Waals surface area (Å²) in [5.41, 5.74) is 0.534. The molecule has 5 heteroatoms. The molecule has 0 saturated carbocycles. The summed E-state index contributed by atoms with van der Waals surface area (Å²) in [5, 5.41) is 11.4. The summed E-state index contributed by atoms with van der Waals surface area (Å²) in [6.07, 6.45) is 0.218. The summed E-state index contributed by atoms with van der Waals surface area (Å²) in [7, 11) is 0. The van der Waals surface area contributed by atoms with E-state index in [2.05, 4.69) is 5.32 Å². The van der Waals surface area contributed by atoms with Gasteiger partial charge < -0.3 is 10.1 Å². The molecule has 0 aliphatic rings. The highest BCUT2D eigenvalue weighted by atomic mass is 19.1. The van der Waals surface area contributed by atoms with Crippen molar-refractivity contribution in [1.29, 1.82) is 5.26 Å². The average Bonchev–Trinajstić information content (AvgIpc) is 2.29. The summed E-state index contributed by atoms with van der Waals surface area (Å²) in [4.78, 5) is 11.0. The van der Waals surface area contributed by atoms with Crippen molar-refractivity contribution in [3.8, 4) is 6.07 Å². The molecule has 90 valence electrons. The minimum Gasteiger partial charge on any atom is -0.466 e. The Morgan fingerprint density at radius 3 is 2.94 bits per heavy atom. The Morgan fingerprint density at radius 2 is 2.35 bits per heavy atom. The molecule has 1 N–H and O–H groups in total. The number of benzene rings is 1. The molecule has 0 atom stereocenters. The van der Waals surface area contributed by atoms with Gasteiger partial charge in [-0.05, 0) is 25.1 Å². The van der Waals surface area contributed by atoms with Gasteiger partial charge in [0.2, 0.25) is 0 Å². The van der Waals surface area contributed by atoms with Crippen molar-refractivity contribution in [2.45, 2.75) is 13.3 Å². The molecule has 1 aromatic carbocycles. The summed E-state index contributed by atoms with van der Waals surface area (Å²) in [6.45, 7) is 2.45. The summed E-state index contributed by atoms with van der Waals surface area (Å²) < 4.78 is 17.9. The zero-order chi connectivity index (χ0) is 12.7. The fraction of sp³-hybridized carbons (Fsp3) is 0.333. The van der Waals surface area contributed by atoms with E-state index in [4.69, 9.17) is 10.00 Å². The number of carbonyl (C=O) groups is 1. The summed E-state index contributed by atoms with van der Waals surface area (Å²) in [5.74, 6) is -0.872. The lowest BCUT2D eigenvalue weighted by atomic mass is 10.2. The highest BCUT2D eigenvalue weighted by Gasteiger charge is 2.04. The first-order valence-corrected chi connectivity index (χ1v) is 5.26. The van der Waals surface area contributed by atoms with E-state index in [0.717, 1.165) is 0 Å². The van der Waals surface area contributed by atoms with Gasteiger partial charge in [-0.1, -0.05) is 0 Å². The Bertz CT molecular complexity index is 441. The molecule has 0 amide bonds. The van der Waals surface area contributed by atoms with Crippen molar-refractivity contribution in [2.24, 2.45) is 0 Å². The van der Waals surface area contributed by atoms with Gasteiger partial charge in [-0.2, -0.15) is 5.26 Å². The standard InChI is InChI=1S/C12H13FN2O2/c1-2-17-12(16)5-6-15-10-4-3-9(8-14)11(13)7-10/h3-4,7,15H,2,5-6H2,1H3. The first-order chi connectivity index (χ1) is 8.17. The largest absolute Gasteiger partial charge is 0.466 e. The number of rotatable bonds is 5. The third-order valence-electron chi connectivity index (χ3n) is 2.05. The molecule has 0 spiro atoms. The van der Waals surface area contributed by atoms with E-state index < -0.39 is 5.82 Å². The van der Waals surface area contributed by atoms with Gasteiger partial charge >= 0.3 is 5.97 Å². The van der Waals surface area contributed by atoms with Crippen LogP contribution in [0.15, 0.2) is 18.2 Å². The Kier molecular flexibility index (Phi) is 4.95. The van der Waals surface area contributed by atoms with Crippen LogP contribution in [-0.2, 0) is 9.53 Å².